The number of nitriles is 1. The molecule has 0 saturated heterocycles. The van der Waals surface area contributed by atoms with Gasteiger partial charge in [-0.1, -0.05) is 12.1 Å². The smallest absolute Gasteiger partial charge is 0.254 e. The standard InChI is InChI=1S/C13H16N2O2S/c1-15(8-4-9-16)13(17)11-5-2-3-6-12(11)18-10-7-14/h2-3,5-6,16H,4,8-10H2,1H3. The number of benzene rings is 1. The van der Waals surface area contributed by atoms with Crippen LogP contribution in [0.15, 0.2) is 29.2 Å². The van der Waals surface area contributed by atoms with Crippen molar-refractivity contribution >= 4 is 17.7 Å². The molecule has 0 radical (unpaired) electrons. The van der Waals surface area contributed by atoms with Gasteiger partial charge in [0.05, 0.1) is 17.4 Å². The van der Waals surface area contributed by atoms with Crippen LogP contribution in [0.2, 0.25) is 0 Å². The predicted molar refractivity (Wildman–Crippen MR) is 71.4 cm³/mol. The summed E-state index contributed by atoms with van der Waals surface area (Å²) < 4.78 is 0. The SMILES string of the molecule is CN(CCCO)C(=O)c1ccccc1SCC#N. The molecule has 0 aromatic heterocycles. The van der Waals surface area contributed by atoms with Crippen LogP contribution in [0, 0.1) is 11.3 Å². The second-order valence-corrected chi connectivity index (χ2v) is 4.76. The minimum absolute atomic E-state index is 0.0719. The van der Waals surface area contributed by atoms with Gasteiger partial charge in [0.15, 0.2) is 0 Å². The maximum absolute atomic E-state index is 12.2. The Bertz CT molecular complexity index is 443. The van der Waals surface area contributed by atoms with Gasteiger partial charge in [-0.3, -0.25) is 4.79 Å². The molecule has 5 heteroatoms. The molecular weight excluding hydrogens is 248 g/mol. The van der Waals surface area contributed by atoms with E-state index >= 15 is 0 Å². The lowest BCUT2D eigenvalue weighted by molar-refractivity contribution is 0.0783. The van der Waals surface area contributed by atoms with Crippen molar-refractivity contribution in [3.05, 3.63) is 29.8 Å². The third-order valence-electron chi connectivity index (χ3n) is 2.41. The molecule has 0 spiro atoms. The Morgan fingerprint density at radius 2 is 2.22 bits per heavy atom. The quantitative estimate of drug-likeness (QED) is 0.795. The number of aliphatic hydroxyl groups is 1. The molecular formula is C13H16N2O2S. The van der Waals surface area contributed by atoms with Crippen molar-refractivity contribution in [3.63, 3.8) is 0 Å². The van der Waals surface area contributed by atoms with E-state index in [0.29, 0.717) is 24.3 Å². The van der Waals surface area contributed by atoms with E-state index in [1.54, 1.807) is 18.0 Å². The third-order valence-corrected chi connectivity index (χ3v) is 3.35. The van der Waals surface area contributed by atoms with Gasteiger partial charge in [0.1, 0.15) is 0 Å². The van der Waals surface area contributed by atoms with Gasteiger partial charge in [0.25, 0.3) is 5.91 Å². The molecule has 18 heavy (non-hydrogen) atoms. The van der Waals surface area contributed by atoms with E-state index < -0.39 is 0 Å². The third kappa shape index (κ3) is 4.06. The summed E-state index contributed by atoms with van der Waals surface area (Å²) in [5, 5.41) is 17.3. The van der Waals surface area contributed by atoms with Crippen molar-refractivity contribution in [2.24, 2.45) is 0 Å². The van der Waals surface area contributed by atoms with Crippen LogP contribution in [0.25, 0.3) is 0 Å². The van der Waals surface area contributed by atoms with E-state index in [1.165, 1.54) is 11.8 Å². The number of carbonyl (C=O) groups excluding carboxylic acids is 1. The molecule has 0 aliphatic rings. The summed E-state index contributed by atoms with van der Waals surface area (Å²) >= 11 is 1.36. The number of hydrogen-bond donors (Lipinski definition) is 1. The van der Waals surface area contributed by atoms with E-state index in [0.717, 1.165) is 4.90 Å². The highest BCUT2D eigenvalue weighted by Gasteiger charge is 2.15. The van der Waals surface area contributed by atoms with Gasteiger partial charge in [-0.05, 0) is 18.6 Å². The molecule has 1 aromatic rings. The molecule has 1 amide bonds. The summed E-state index contributed by atoms with van der Waals surface area (Å²) in [6, 6.07) is 9.32. The molecule has 0 saturated carbocycles. The fourth-order valence-corrected chi connectivity index (χ4v) is 2.20. The largest absolute Gasteiger partial charge is 0.396 e. The number of hydrogen-bond acceptors (Lipinski definition) is 4. The second-order valence-electron chi connectivity index (χ2n) is 3.75. The van der Waals surface area contributed by atoms with Crippen molar-refractivity contribution in [1.82, 2.24) is 4.90 Å². The molecule has 0 bridgehead atoms. The molecule has 4 nitrogen and oxygen atoms in total. The first-order chi connectivity index (χ1) is 8.70. The summed E-state index contributed by atoms with van der Waals surface area (Å²) in [6.45, 7) is 0.592. The molecule has 1 aromatic carbocycles. The zero-order valence-electron chi connectivity index (χ0n) is 10.3. The predicted octanol–water partition coefficient (Wildman–Crippen LogP) is 1.76. The fourth-order valence-electron chi connectivity index (χ4n) is 1.49. The lowest BCUT2D eigenvalue weighted by Gasteiger charge is -2.18. The molecule has 0 unspecified atom stereocenters. The molecule has 0 aliphatic carbocycles. The first kappa shape index (κ1) is 14.6. The molecule has 0 aliphatic heterocycles. The summed E-state index contributed by atoms with van der Waals surface area (Å²) in [5.74, 6) is 0.245. The molecule has 0 atom stereocenters. The van der Waals surface area contributed by atoms with Crippen LogP contribution < -0.4 is 0 Å². The highest BCUT2D eigenvalue weighted by molar-refractivity contribution is 7.99. The van der Waals surface area contributed by atoms with Gasteiger partial charge in [-0.2, -0.15) is 5.26 Å². The van der Waals surface area contributed by atoms with Crippen molar-refractivity contribution in [2.45, 2.75) is 11.3 Å². The lowest BCUT2D eigenvalue weighted by atomic mass is 10.2. The van der Waals surface area contributed by atoms with Crippen molar-refractivity contribution in [3.8, 4) is 6.07 Å². The van der Waals surface area contributed by atoms with Gasteiger partial charge in [-0.15, -0.1) is 11.8 Å². The average molecular weight is 264 g/mol. The van der Waals surface area contributed by atoms with E-state index in [-0.39, 0.29) is 12.5 Å². The number of carbonyl (C=O) groups is 1. The molecule has 1 rings (SSSR count). The Morgan fingerprint density at radius 3 is 2.89 bits per heavy atom. The zero-order chi connectivity index (χ0) is 13.4. The van der Waals surface area contributed by atoms with Crippen molar-refractivity contribution in [1.29, 1.82) is 5.26 Å². The summed E-state index contributed by atoms with van der Waals surface area (Å²) in [7, 11) is 1.71. The van der Waals surface area contributed by atoms with Crippen LogP contribution in [-0.2, 0) is 0 Å². The first-order valence-electron chi connectivity index (χ1n) is 5.65. The van der Waals surface area contributed by atoms with Gasteiger partial charge in [0.2, 0.25) is 0 Å². The maximum atomic E-state index is 12.2. The van der Waals surface area contributed by atoms with E-state index in [2.05, 4.69) is 6.07 Å². The van der Waals surface area contributed by atoms with E-state index in [1.807, 2.05) is 18.2 Å². The maximum Gasteiger partial charge on any atom is 0.254 e. The van der Waals surface area contributed by atoms with Crippen LogP contribution in [0.3, 0.4) is 0 Å². The monoisotopic (exact) mass is 264 g/mol. The van der Waals surface area contributed by atoms with Crippen LogP contribution in [-0.4, -0.2) is 41.9 Å². The summed E-state index contributed by atoms with van der Waals surface area (Å²) in [4.78, 5) is 14.6. The van der Waals surface area contributed by atoms with Gasteiger partial charge < -0.3 is 10.0 Å². The Morgan fingerprint density at radius 1 is 1.50 bits per heavy atom. The van der Waals surface area contributed by atoms with Gasteiger partial charge in [0, 0.05) is 25.1 Å². The van der Waals surface area contributed by atoms with Crippen molar-refractivity contribution < 1.29 is 9.90 Å². The number of nitrogens with zero attached hydrogens (tertiary/aromatic N) is 2. The summed E-state index contributed by atoms with van der Waals surface area (Å²) in [5.41, 5.74) is 0.609. The second kappa shape index (κ2) is 7.75. The Hall–Kier alpha value is -1.51. The number of rotatable bonds is 6. The minimum atomic E-state index is -0.0792. The Labute approximate surface area is 111 Å². The van der Waals surface area contributed by atoms with Crippen LogP contribution in [0.1, 0.15) is 16.8 Å². The zero-order valence-corrected chi connectivity index (χ0v) is 11.1. The number of thioether (sulfide) groups is 1. The Kier molecular flexibility index (Phi) is 6.26. The molecule has 0 fully saturated rings. The topological polar surface area (TPSA) is 64.3 Å². The highest BCUT2D eigenvalue weighted by atomic mass is 32.2. The molecule has 0 heterocycles. The lowest BCUT2D eigenvalue weighted by Crippen LogP contribution is -2.28. The molecule has 96 valence electrons. The Balaban J connectivity index is 2.81. The highest BCUT2D eigenvalue weighted by Crippen LogP contribution is 2.23. The minimum Gasteiger partial charge on any atom is -0.396 e. The fraction of sp³-hybridized carbons (Fsp3) is 0.385. The average Bonchev–Trinajstić information content (AvgIpc) is 2.42. The van der Waals surface area contributed by atoms with Gasteiger partial charge in [-0.25, -0.2) is 0 Å². The van der Waals surface area contributed by atoms with Crippen molar-refractivity contribution in [2.75, 3.05) is 26.0 Å². The van der Waals surface area contributed by atoms with E-state index in [9.17, 15) is 4.79 Å². The summed E-state index contributed by atoms with van der Waals surface area (Å²) in [6.07, 6.45) is 0.565. The van der Waals surface area contributed by atoms with Gasteiger partial charge >= 0.3 is 0 Å². The normalized spacial score (nSPS) is 9.83. The molecule has 1 N–H and O–H groups in total. The van der Waals surface area contributed by atoms with Crippen LogP contribution in [0.4, 0.5) is 0 Å². The van der Waals surface area contributed by atoms with E-state index in [4.69, 9.17) is 10.4 Å². The number of aliphatic hydroxyl groups excluding tert-OH is 1. The first-order valence-corrected chi connectivity index (χ1v) is 6.64. The number of amides is 1. The van der Waals surface area contributed by atoms with Crippen LogP contribution >= 0.6 is 11.8 Å². The van der Waals surface area contributed by atoms with Crippen LogP contribution in [0.5, 0.6) is 0 Å².